The number of carbonyl (C=O) groups is 1. The Labute approximate surface area is 118 Å². The van der Waals surface area contributed by atoms with Gasteiger partial charge >= 0.3 is 0 Å². The molecular weight excluding hydrogens is 269 g/mol. The van der Waals surface area contributed by atoms with Crippen LogP contribution in [0.2, 0.25) is 5.02 Å². The fraction of sp³-hybridized carbons (Fsp3) is 0.500. The molecule has 0 N–H and O–H groups in total. The van der Waals surface area contributed by atoms with Crippen LogP contribution in [0, 0.1) is 5.92 Å². The molecule has 1 amide bonds. The quantitative estimate of drug-likeness (QED) is 0.780. The fourth-order valence-electron chi connectivity index (χ4n) is 2.23. The van der Waals surface area contributed by atoms with Crippen molar-refractivity contribution < 1.29 is 4.79 Å². The molecule has 2 rings (SSSR count). The van der Waals surface area contributed by atoms with E-state index in [0.29, 0.717) is 23.2 Å². The molecule has 0 atom stereocenters. The van der Waals surface area contributed by atoms with Crippen LogP contribution in [0.25, 0.3) is 0 Å². The summed E-state index contributed by atoms with van der Waals surface area (Å²) in [5, 5.41) is 0.703. The van der Waals surface area contributed by atoms with Gasteiger partial charge in [0.15, 0.2) is 0 Å². The second-order valence-electron chi connectivity index (χ2n) is 4.78. The lowest BCUT2D eigenvalue weighted by atomic mass is 9.98. The van der Waals surface area contributed by atoms with Gasteiger partial charge in [-0.05, 0) is 36.5 Å². The van der Waals surface area contributed by atoms with E-state index in [9.17, 15) is 4.79 Å². The largest absolute Gasteiger partial charge is 0.342 e. The van der Waals surface area contributed by atoms with Crippen LogP contribution in [0.5, 0.6) is 0 Å². The van der Waals surface area contributed by atoms with Crippen molar-refractivity contribution in [2.45, 2.75) is 19.3 Å². The van der Waals surface area contributed by atoms with Gasteiger partial charge in [-0.3, -0.25) is 4.79 Å². The van der Waals surface area contributed by atoms with Crippen molar-refractivity contribution in [3.63, 3.8) is 0 Å². The van der Waals surface area contributed by atoms with Gasteiger partial charge in [-0.2, -0.15) is 0 Å². The summed E-state index contributed by atoms with van der Waals surface area (Å²) in [7, 11) is 0. The normalized spacial score (nSPS) is 16.9. The highest BCUT2D eigenvalue weighted by Gasteiger charge is 2.21. The first-order valence-corrected chi connectivity index (χ1v) is 7.18. The Morgan fingerprint density at radius 1 is 1.22 bits per heavy atom. The second-order valence-corrected chi connectivity index (χ2v) is 5.53. The number of amides is 1. The van der Waals surface area contributed by atoms with Gasteiger partial charge in [-0.1, -0.05) is 23.7 Å². The van der Waals surface area contributed by atoms with Gasteiger partial charge in [0.25, 0.3) is 0 Å². The van der Waals surface area contributed by atoms with E-state index in [2.05, 4.69) is 0 Å². The van der Waals surface area contributed by atoms with Gasteiger partial charge in [0.2, 0.25) is 5.91 Å². The maximum absolute atomic E-state index is 12.1. The van der Waals surface area contributed by atoms with Crippen LogP contribution in [0.3, 0.4) is 0 Å². The Bertz CT molecular complexity index is 397. The molecule has 18 heavy (non-hydrogen) atoms. The van der Waals surface area contributed by atoms with Crippen LogP contribution in [0.4, 0.5) is 0 Å². The first kappa shape index (κ1) is 13.7. The molecule has 4 heteroatoms. The number of carbonyl (C=O) groups excluding carboxylic acids is 1. The van der Waals surface area contributed by atoms with Crippen LogP contribution in [0.15, 0.2) is 24.3 Å². The summed E-state index contributed by atoms with van der Waals surface area (Å²) in [6.07, 6.45) is 2.51. The Morgan fingerprint density at radius 2 is 1.83 bits per heavy atom. The number of hydrogen-bond acceptors (Lipinski definition) is 1. The molecule has 1 heterocycles. The minimum absolute atomic E-state index is 0.199. The zero-order chi connectivity index (χ0) is 13.0. The standard InChI is InChI=1S/C14H17Cl2NO/c15-10-12-5-7-17(8-6-12)14(18)9-11-1-3-13(16)4-2-11/h1-4,12H,5-10H2. The van der Waals surface area contributed by atoms with E-state index in [1.165, 1.54) is 0 Å². The van der Waals surface area contributed by atoms with Gasteiger partial charge < -0.3 is 4.90 Å². The topological polar surface area (TPSA) is 20.3 Å². The third kappa shape index (κ3) is 3.63. The Hall–Kier alpha value is -0.730. The number of hydrogen-bond donors (Lipinski definition) is 0. The number of rotatable bonds is 3. The molecule has 0 aromatic heterocycles. The lowest BCUT2D eigenvalue weighted by Crippen LogP contribution is -2.39. The maximum atomic E-state index is 12.1. The molecule has 0 aliphatic carbocycles. The predicted octanol–water partition coefficient (Wildman–Crippen LogP) is 3.36. The van der Waals surface area contributed by atoms with Crippen LogP contribution in [-0.4, -0.2) is 29.8 Å². The molecular formula is C14H17Cl2NO. The molecule has 0 unspecified atom stereocenters. The molecule has 1 fully saturated rings. The van der Waals surface area contributed by atoms with E-state index in [1.807, 2.05) is 29.2 Å². The summed E-state index contributed by atoms with van der Waals surface area (Å²) in [5.41, 5.74) is 1.02. The molecule has 1 aromatic carbocycles. The van der Waals surface area contributed by atoms with Gasteiger partial charge in [0.05, 0.1) is 6.42 Å². The molecule has 98 valence electrons. The number of halogens is 2. The van der Waals surface area contributed by atoms with Crippen molar-refractivity contribution in [1.29, 1.82) is 0 Å². The zero-order valence-corrected chi connectivity index (χ0v) is 11.8. The number of likely N-dealkylation sites (tertiary alicyclic amines) is 1. The lowest BCUT2D eigenvalue weighted by molar-refractivity contribution is -0.131. The van der Waals surface area contributed by atoms with E-state index in [0.717, 1.165) is 31.5 Å². The van der Waals surface area contributed by atoms with Crippen LogP contribution >= 0.6 is 23.2 Å². The summed E-state index contributed by atoms with van der Waals surface area (Å²) in [6.45, 7) is 1.67. The molecule has 0 radical (unpaired) electrons. The number of nitrogens with zero attached hydrogens (tertiary/aromatic N) is 1. The van der Waals surface area contributed by atoms with Crippen molar-refractivity contribution in [3.8, 4) is 0 Å². The molecule has 1 saturated heterocycles. The van der Waals surface area contributed by atoms with Crippen molar-refractivity contribution in [1.82, 2.24) is 4.90 Å². The number of benzene rings is 1. The average Bonchev–Trinajstić information content (AvgIpc) is 2.41. The summed E-state index contributed by atoms with van der Waals surface area (Å²) in [5.74, 6) is 1.48. The van der Waals surface area contributed by atoms with Crippen molar-refractivity contribution in [3.05, 3.63) is 34.9 Å². The average molecular weight is 286 g/mol. The summed E-state index contributed by atoms with van der Waals surface area (Å²) in [4.78, 5) is 14.0. The van der Waals surface area contributed by atoms with Crippen LogP contribution < -0.4 is 0 Å². The third-order valence-corrected chi connectivity index (χ3v) is 4.14. The van der Waals surface area contributed by atoms with E-state index >= 15 is 0 Å². The summed E-state index contributed by atoms with van der Waals surface area (Å²) >= 11 is 11.7. The minimum Gasteiger partial charge on any atom is -0.342 e. The Balaban J connectivity index is 1.87. The Morgan fingerprint density at radius 3 is 2.39 bits per heavy atom. The van der Waals surface area contributed by atoms with Gasteiger partial charge in [0.1, 0.15) is 0 Å². The first-order chi connectivity index (χ1) is 8.69. The van der Waals surface area contributed by atoms with Gasteiger partial charge in [0, 0.05) is 24.0 Å². The van der Waals surface area contributed by atoms with Gasteiger partial charge in [-0.15, -0.1) is 11.6 Å². The van der Waals surface area contributed by atoms with Crippen molar-refractivity contribution >= 4 is 29.1 Å². The molecule has 1 aliphatic heterocycles. The zero-order valence-electron chi connectivity index (χ0n) is 10.2. The van der Waals surface area contributed by atoms with Crippen LogP contribution in [-0.2, 0) is 11.2 Å². The molecule has 0 saturated carbocycles. The monoisotopic (exact) mass is 285 g/mol. The highest BCUT2D eigenvalue weighted by Crippen LogP contribution is 2.19. The fourth-order valence-corrected chi connectivity index (χ4v) is 2.66. The predicted molar refractivity (Wildman–Crippen MR) is 75.2 cm³/mol. The smallest absolute Gasteiger partial charge is 0.226 e. The maximum Gasteiger partial charge on any atom is 0.226 e. The number of piperidine rings is 1. The lowest BCUT2D eigenvalue weighted by Gasteiger charge is -2.31. The molecule has 1 aliphatic rings. The molecule has 2 nitrogen and oxygen atoms in total. The van der Waals surface area contributed by atoms with E-state index < -0.39 is 0 Å². The third-order valence-electron chi connectivity index (χ3n) is 3.45. The van der Waals surface area contributed by atoms with Crippen molar-refractivity contribution in [2.24, 2.45) is 5.92 Å². The minimum atomic E-state index is 0.199. The molecule has 1 aromatic rings. The van der Waals surface area contributed by atoms with E-state index in [-0.39, 0.29) is 5.91 Å². The molecule has 0 bridgehead atoms. The second kappa shape index (κ2) is 6.44. The number of alkyl halides is 1. The first-order valence-electron chi connectivity index (χ1n) is 6.27. The Kier molecular flexibility index (Phi) is 4.90. The summed E-state index contributed by atoms with van der Waals surface area (Å²) < 4.78 is 0. The van der Waals surface area contributed by atoms with E-state index in [1.54, 1.807) is 0 Å². The highest BCUT2D eigenvalue weighted by molar-refractivity contribution is 6.30. The molecule has 0 spiro atoms. The summed E-state index contributed by atoms with van der Waals surface area (Å²) in [6, 6.07) is 7.46. The SMILES string of the molecule is O=C(Cc1ccc(Cl)cc1)N1CCC(CCl)CC1. The highest BCUT2D eigenvalue weighted by atomic mass is 35.5. The van der Waals surface area contributed by atoms with E-state index in [4.69, 9.17) is 23.2 Å². The van der Waals surface area contributed by atoms with Crippen LogP contribution in [0.1, 0.15) is 18.4 Å². The van der Waals surface area contributed by atoms with Gasteiger partial charge in [-0.25, -0.2) is 0 Å². The van der Waals surface area contributed by atoms with Crippen molar-refractivity contribution in [2.75, 3.05) is 19.0 Å².